The van der Waals surface area contributed by atoms with E-state index in [0.29, 0.717) is 0 Å². The van der Waals surface area contributed by atoms with Crippen LogP contribution in [0.2, 0.25) is 0 Å². The van der Waals surface area contributed by atoms with E-state index in [4.69, 9.17) is 4.42 Å². The van der Waals surface area contributed by atoms with Crippen molar-refractivity contribution in [2.75, 3.05) is 4.81 Å². The normalized spacial score (nSPS) is 14.1. The fourth-order valence-electron chi connectivity index (χ4n) is 10.3. The van der Waals surface area contributed by atoms with Crippen LogP contribution in [0.15, 0.2) is 126 Å². The van der Waals surface area contributed by atoms with Crippen LogP contribution >= 0.6 is 11.3 Å². The topological polar surface area (TPSA) is 21.3 Å². The van der Waals surface area contributed by atoms with Gasteiger partial charge in [-0.2, -0.15) is 0 Å². The molecule has 0 atom stereocenters. The predicted molar refractivity (Wildman–Crippen MR) is 256 cm³/mol. The number of aromatic nitrogens is 1. The summed E-state index contributed by atoms with van der Waals surface area (Å²) in [6, 6.07) is 46.6. The first-order valence-corrected chi connectivity index (χ1v) is 21.9. The quantitative estimate of drug-likeness (QED) is 0.155. The molecule has 0 unspecified atom stereocenters. The van der Waals surface area contributed by atoms with E-state index in [9.17, 15) is 0 Å². The monoisotopic (exact) mass is 782 g/mol. The second-order valence-corrected chi connectivity index (χ2v) is 21.3. The first-order valence-electron chi connectivity index (χ1n) is 21.1. The summed E-state index contributed by atoms with van der Waals surface area (Å²) in [5.41, 5.74) is 17.3. The van der Waals surface area contributed by atoms with Crippen molar-refractivity contribution in [1.82, 2.24) is 4.57 Å². The van der Waals surface area contributed by atoms with Crippen LogP contribution in [0.25, 0.3) is 80.7 Å². The van der Waals surface area contributed by atoms with E-state index in [1.807, 2.05) is 11.3 Å². The Balaban J connectivity index is 1.34. The van der Waals surface area contributed by atoms with Crippen molar-refractivity contribution in [2.45, 2.75) is 78.6 Å². The van der Waals surface area contributed by atoms with Gasteiger partial charge in [-0.25, -0.2) is 0 Å². The van der Waals surface area contributed by atoms with E-state index >= 15 is 0 Å². The molecule has 5 heteroatoms. The van der Waals surface area contributed by atoms with Gasteiger partial charge < -0.3 is 13.8 Å². The van der Waals surface area contributed by atoms with Crippen LogP contribution in [-0.4, -0.2) is 11.4 Å². The number of nitrogens with zero attached hydrogens (tertiary/aromatic N) is 2. The third kappa shape index (κ3) is 4.77. The number of fused-ring (bicyclic) bond motifs is 16. The molecule has 5 heterocycles. The lowest BCUT2D eigenvalue weighted by molar-refractivity contribution is 0.590. The molecule has 0 bridgehead atoms. The van der Waals surface area contributed by atoms with Crippen LogP contribution < -0.4 is 15.7 Å². The fourth-order valence-corrected chi connectivity index (χ4v) is 11.5. The Labute approximate surface area is 350 Å². The van der Waals surface area contributed by atoms with Crippen molar-refractivity contribution >= 4 is 104 Å². The van der Waals surface area contributed by atoms with E-state index in [1.165, 1.54) is 109 Å². The van der Waals surface area contributed by atoms with Crippen LogP contribution in [0.1, 0.15) is 79.0 Å². The van der Waals surface area contributed by atoms with Gasteiger partial charge in [0.1, 0.15) is 11.2 Å². The van der Waals surface area contributed by atoms with Crippen LogP contribution in [0, 0.1) is 0 Å². The number of furan rings is 1. The molecule has 59 heavy (non-hydrogen) atoms. The van der Waals surface area contributed by atoms with E-state index in [0.717, 1.165) is 11.2 Å². The molecular weight excluding hydrogens is 735 g/mol. The molecule has 2 aliphatic rings. The number of hydrogen-bond acceptors (Lipinski definition) is 3. The zero-order valence-electron chi connectivity index (χ0n) is 35.3. The highest BCUT2D eigenvalue weighted by Gasteiger charge is 2.46. The van der Waals surface area contributed by atoms with Gasteiger partial charge >= 0.3 is 6.85 Å². The molecule has 10 aromatic rings. The first kappa shape index (κ1) is 35.2. The number of anilines is 2. The smallest absolute Gasteiger partial charge is 0.333 e. The molecule has 12 rings (SSSR count). The maximum absolute atomic E-state index is 7.18. The molecule has 0 radical (unpaired) electrons. The lowest BCUT2D eigenvalue weighted by Gasteiger charge is -2.42. The van der Waals surface area contributed by atoms with E-state index in [2.05, 4.69) is 193 Å². The largest absolute Gasteiger partial charge is 0.455 e. The summed E-state index contributed by atoms with van der Waals surface area (Å²) in [5.74, 6) is 0. The van der Waals surface area contributed by atoms with E-state index in [1.54, 1.807) is 0 Å². The highest BCUT2D eigenvalue weighted by molar-refractivity contribution is 7.26. The molecule has 0 saturated heterocycles. The summed E-state index contributed by atoms with van der Waals surface area (Å²) < 4.78 is 12.4. The Hall–Kier alpha value is -5.78. The van der Waals surface area contributed by atoms with Crippen molar-refractivity contribution < 1.29 is 4.42 Å². The maximum atomic E-state index is 7.18. The predicted octanol–water partition coefficient (Wildman–Crippen LogP) is 14.2. The molecular formula is C54H47BN2OS. The number of hydrogen-bond donors (Lipinski definition) is 0. The van der Waals surface area contributed by atoms with Gasteiger partial charge in [0, 0.05) is 59.0 Å². The van der Waals surface area contributed by atoms with Crippen molar-refractivity contribution in [1.29, 1.82) is 0 Å². The Morgan fingerprint density at radius 1 is 0.542 bits per heavy atom. The Morgan fingerprint density at radius 2 is 1.20 bits per heavy atom. The summed E-state index contributed by atoms with van der Waals surface area (Å²) in [6.07, 6.45) is 0. The van der Waals surface area contributed by atoms with Crippen LogP contribution in [-0.2, 0) is 16.2 Å². The van der Waals surface area contributed by atoms with Gasteiger partial charge in [0.15, 0.2) is 0 Å². The third-order valence-corrected chi connectivity index (χ3v) is 14.6. The highest BCUT2D eigenvalue weighted by atomic mass is 32.1. The van der Waals surface area contributed by atoms with Gasteiger partial charge in [-0.3, -0.25) is 0 Å². The summed E-state index contributed by atoms with van der Waals surface area (Å²) >= 11 is 1.90. The highest BCUT2D eigenvalue weighted by Crippen LogP contribution is 2.52. The Morgan fingerprint density at radius 3 is 1.95 bits per heavy atom. The van der Waals surface area contributed by atoms with Crippen LogP contribution in [0.5, 0.6) is 0 Å². The summed E-state index contributed by atoms with van der Waals surface area (Å²) in [7, 11) is 0. The number of benzene rings is 7. The van der Waals surface area contributed by atoms with Crippen LogP contribution in [0.4, 0.5) is 11.4 Å². The van der Waals surface area contributed by atoms with Crippen molar-refractivity contribution in [2.24, 2.45) is 0 Å². The SMILES string of the molecule is CC(C)(C)c1ccc(N2B3c4cc5c(cc4-n4c6ccc(C(C)(C)C)cc6c6c7oc8ccccc8c7c(c3c64)-c3cc(C(C)(C)C)ccc32)sc2ccccc25)cc1. The first-order chi connectivity index (χ1) is 28.2. The second kappa shape index (κ2) is 11.5. The Bertz CT molecular complexity index is 3450. The third-order valence-electron chi connectivity index (χ3n) is 13.4. The average Bonchev–Trinajstić information content (AvgIpc) is 3.88. The minimum atomic E-state index is -0.101. The Kier molecular flexibility index (Phi) is 6.85. The zero-order chi connectivity index (χ0) is 40.5. The lowest BCUT2D eigenvalue weighted by Crippen LogP contribution is -2.60. The average molecular weight is 783 g/mol. The van der Waals surface area contributed by atoms with Crippen molar-refractivity contribution in [3.63, 3.8) is 0 Å². The molecule has 0 amide bonds. The molecule has 0 N–H and O–H groups in total. The second-order valence-electron chi connectivity index (χ2n) is 20.2. The van der Waals surface area contributed by atoms with E-state index in [-0.39, 0.29) is 23.1 Å². The maximum Gasteiger partial charge on any atom is 0.333 e. The summed E-state index contributed by atoms with van der Waals surface area (Å²) in [4.78, 5) is 2.67. The standard InChI is InChI=1S/C54H47BN2OS/c1-52(2,3)30-18-22-33(23-19-30)57-41-25-21-32(54(7,8)9)27-38(41)46-47-35-15-10-12-16-43(35)58-51(47)48-37-26-31(53(4,5)6)20-24-40(37)56-42-29-45-36(34-14-11-13-17-44(34)59-45)28-39(42)55(57)49(46)50(48)56/h10-29H,1-9H3. The molecule has 7 aromatic carbocycles. The van der Waals surface area contributed by atoms with Gasteiger partial charge in [-0.05, 0) is 104 Å². The summed E-state index contributed by atoms with van der Waals surface area (Å²) in [5, 5.41) is 7.49. The fraction of sp³-hybridized carbons (Fsp3) is 0.222. The zero-order valence-corrected chi connectivity index (χ0v) is 36.2. The summed E-state index contributed by atoms with van der Waals surface area (Å²) in [6.45, 7) is 20.8. The van der Waals surface area contributed by atoms with Gasteiger partial charge in [-0.15, -0.1) is 11.3 Å². The minimum absolute atomic E-state index is 0.0218. The number of thiophene rings is 1. The van der Waals surface area contributed by atoms with Crippen molar-refractivity contribution in [3.8, 4) is 16.8 Å². The molecule has 0 aliphatic carbocycles. The lowest BCUT2D eigenvalue weighted by atomic mass is 9.43. The molecule has 0 spiro atoms. The minimum Gasteiger partial charge on any atom is -0.455 e. The van der Waals surface area contributed by atoms with Crippen molar-refractivity contribution in [3.05, 3.63) is 138 Å². The number of para-hydroxylation sites is 1. The molecule has 3 aromatic heterocycles. The van der Waals surface area contributed by atoms with E-state index < -0.39 is 0 Å². The molecule has 2 aliphatic heterocycles. The van der Waals surface area contributed by atoms with Gasteiger partial charge in [0.05, 0.1) is 16.4 Å². The molecule has 288 valence electrons. The van der Waals surface area contributed by atoms with Gasteiger partial charge in [0.25, 0.3) is 0 Å². The molecule has 0 fully saturated rings. The number of rotatable bonds is 1. The molecule has 3 nitrogen and oxygen atoms in total. The van der Waals surface area contributed by atoms with Crippen LogP contribution in [0.3, 0.4) is 0 Å². The van der Waals surface area contributed by atoms with Gasteiger partial charge in [0.2, 0.25) is 0 Å². The molecule has 0 saturated carbocycles. The van der Waals surface area contributed by atoms with Gasteiger partial charge in [-0.1, -0.05) is 129 Å².